The molecule has 0 aliphatic carbocycles. The molecule has 0 saturated carbocycles. The van der Waals surface area contributed by atoms with Gasteiger partial charge in [-0.1, -0.05) is 23.7 Å². The number of fused-ring (bicyclic) bond motifs is 1. The molecule has 2 aliphatic heterocycles. The van der Waals surface area contributed by atoms with Gasteiger partial charge in [0.05, 0.1) is 5.92 Å². The zero-order valence-corrected chi connectivity index (χ0v) is 22.9. The molecule has 2 aromatic rings. The molecule has 2 aliphatic rings. The number of aliphatic carboxylic acids is 1. The number of carbonyl (C=O) groups excluding carboxylic acids is 1. The molecule has 200 valence electrons. The Bertz CT molecular complexity index is 1080. The Morgan fingerprint density at radius 2 is 2.11 bits per heavy atom. The van der Waals surface area contributed by atoms with Gasteiger partial charge in [-0.3, -0.25) is 4.79 Å². The van der Waals surface area contributed by atoms with Gasteiger partial charge in [0.25, 0.3) is 0 Å². The second-order valence-corrected chi connectivity index (χ2v) is 11.5. The van der Waals surface area contributed by atoms with Crippen LogP contribution in [0.3, 0.4) is 0 Å². The molecular weight excluding hydrogens is 510 g/mol. The minimum absolute atomic E-state index is 0.190. The number of amides is 1. The normalized spacial score (nSPS) is 16.5. The lowest BCUT2D eigenvalue weighted by Crippen LogP contribution is -2.54. The maximum atomic E-state index is 12.6. The van der Waals surface area contributed by atoms with Gasteiger partial charge in [-0.05, 0) is 93.9 Å². The van der Waals surface area contributed by atoms with Crippen molar-refractivity contribution in [2.24, 2.45) is 5.92 Å². The largest absolute Gasteiger partial charge is 0.480 e. The Morgan fingerprint density at radius 3 is 2.89 bits per heavy atom. The van der Waals surface area contributed by atoms with Gasteiger partial charge in [0, 0.05) is 41.8 Å². The Hall–Kier alpha value is -2.33. The fourth-order valence-corrected chi connectivity index (χ4v) is 5.94. The van der Waals surface area contributed by atoms with Crippen molar-refractivity contribution in [3.8, 4) is 0 Å². The number of benzene rings is 1. The van der Waals surface area contributed by atoms with Crippen LogP contribution in [0.5, 0.6) is 0 Å². The Morgan fingerprint density at radius 1 is 1.27 bits per heavy atom. The van der Waals surface area contributed by atoms with E-state index in [0.717, 1.165) is 61.6 Å². The highest BCUT2D eigenvalue weighted by molar-refractivity contribution is 7.97. The predicted molar refractivity (Wildman–Crippen MR) is 148 cm³/mol. The number of aryl methyl sites for hydroxylation is 2. The van der Waals surface area contributed by atoms with Gasteiger partial charge in [0.1, 0.15) is 11.9 Å². The van der Waals surface area contributed by atoms with Crippen molar-refractivity contribution in [2.45, 2.75) is 49.5 Å². The highest BCUT2D eigenvalue weighted by Gasteiger charge is 2.35. The van der Waals surface area contributed by atoms with Crippen molar-refractivity contribution < 1.29 is 14.7 Å². The fraction of sp³-hybridized carbons (Fsp3) is 0.519. The molecule has 1 aromatic carbocycles. The van der Waals surface area contributed by atoms with Crippen molar-refractivity contribution in [2.75, 3.05) is 45.1 Å². The minimum atomic E-state index is -0.988. The summed E-state index contributed by atoms with van der Waals surface area (Å²) in [6.07, 6.45) is 5.61. The lowest BCUT2D eigenvalue weighted by atomic mass is 10.0. The molecule has 4 rings (SSSR count). The van der Waals surface area contributed by atoms with Crippen LogP contribution in [0.25, 0.3) is 0 Å². The number of nitrogens with zero attached hydrogens (tertiary/aromatic N) is 3. The van der Waals surface area contributed by atoms with E-state index < -0.39 is 12.0 Å². The minimum Gasteiger partial charge on any atom is -0.480 e. The topological polar surface area (TPSA) is 97.8 Å². The second kappa shape index (κ2) is 13.5. The molecule has 1 amide bonds. The molecule has 0 radical (unpaired) electrons. The highest BCUT2D eigenvalue weighted by Crippen LogP contribution is 2.31. The standard InChI is InChI=1S/C27H36ClN5O3S/c1-32(14-3-2-8-22-11-10-19-6-5-13-29-25(19)30-22)15-12-24(27(35)36)31-26(34)20-17-33(18-20)37-23-9-4-7-21(28)16-23/h4,7,9-11,16,20,24H,2-3,5-6,8,12-15,17-18H2,1H3,(H,29,30)(H,31,34)(H,35,36)/t24-/m0/s1. The second-order valence-electron chi connectivity index (χ2n) is 9.88. The molecule has 37 heavy (non-hydrogen) atoms. The van der Waals surface area contributed by atoms with E-state index in [1.807, 2.05) is 31.3 Å². The zero-order valence-electron chi connectivity index (χ0n) is 21.3. The quantitative estimate of drug-likeness (QED) is 0.257. The monoisotopic (exact) mass is 545 g/mol. The van der Waals surface area contributed by atoms with Crippen LogP contribution in [0.4, 0.5) is 5.82 Å². The number of hydrogen-bond donors (Lipinski definition) is 3. The van der Waals surface area contributed by atoms with E-state index >= 15 is 0 Å². The van der Waals surface area contributed by atoms with Gasteiger partial charge >= 0.3 is 5.97 Å². The van der Waals surface area contributed by atoms with E-state index in [-0.39, 0.29) is 11.8 Å². The summed E-state index contributed by atoms with van der Waals surface area (Å²) in [5, 5.41) is 16.4. The summed E-state index contributed by atoms with van der Waals surface area (Å²) in [6.45, 7) is 3.66. The number of carboxylic acid groups (broad SMARTS) is 1. The Balaban J connectivity index is 1.12. The molecule has 8 nitrogen and oxygen atoms in total. The van der Waals surface area contributed by atoms with Crippen molar-refractivity contribution in [3.63, 3.8) is 0 Å². The fourth-order valence-electron chi connectivity index (χ4n) is 4.56. The smallest absolute Gasteiger partial charge is 0.326 e. The van der Waals surface area contributed by atoms with Crippen LogP contribution in [0, 0.1) is 5.92 Å². The summed E-state index contributed by atoms with van der Waals surface area (Å²) in [4.78, 5) is 32.3. The van der Waals surface area contributed by atoms with E-state index in [9.17, 15) is 14.7 Å². The lowest BCUT2D eigenvalue weighted by Gasteiger charge is -2.37. The molecule has 0 bridgehead atoms. The number of unbranched alkanes of at least 4 members (excludes halogenated alkanes) is 1. The number of anilines is 1. The van der Waals surface area contributed by atoms with E-state index in [1.54, 1.807) is 11.9 Å². The Kier molecular flexibility index (Phi) is 10.1. The molecule has 1 fully saturated rings. The summed E-state index contributed by atoms with van der Waals surface area (Å²) < 4.78 is 2.08. The third kappa shape index (κ3) is 8.33. The zero-order chi connectivity index (χ0) is 26.2. The first-order chi connectivity index (χ1) is 17.9. The van der Waals surface area contributed by atoms with Gasteiger partial charge in [-0.2, -0.15) is 0 Å². The first-order valence-corrected chi connectivity index (χ1v) is 14.2. The Labute approximate surface area is 228 Å². The third-order valence-electron chi connectivity index (χ3n) is 6.84. The van der Waals surface area contributed by atoms with Crippen LogP contribution in [0.1, 0.15) is 36.9 Å². The van der Waals surface area contributed by atoms with Crippen LogP contribution in [0.2, 0.25) is 5.02 Å². The van der Waals surface area contributed by atoms with Crippen molar-refractivity contribution in [3.05, 3.63) is 52.7 Å². The predicted octanol–water partition coefficient (Wildman–Crippen LogP) is 3.95. The molecule has 3 N–H and O–H groups in total. The number of carbonyl (C=O) groups is 2. The van der Waals surface area contributed by atoms with E-state index in [0.29, 0.717) is 31.1 Å². The van der Waals surface area contributed by atoms with Crippen LogP contribution in [-0.2, 0) is 22.4 Å². The van der Waals surface area contributed by atoms with Gasteiger partial charge in [0.15, 0.2) is 0 Å². The summed E-state index contributed by atoms with van der Waals surface area (Å²) in [6, 6.07) is 11.0. The maximum Gasteiger partial charge on any atom is 0.326 e. The van der Waals surface area contributed by atoms with Crippen LogP contribution in [0.15, 0.2) is 41.3 Å². The average Bonchev–Trinajstić information content (AvgIpc) is 2.86. The van der Waals surface area contributed by atoms with Gasteiger partial charge in [-0.15, -0.1) is 0 Å². The molecule has 1 aromatic heterocycles. The third-order valence-corrected chi connectivity index (χ3v) is 8.09. The summed E-state index contributed by atoms with van der Waals surface area (Å²) in [7, 11) is 2.00. The number of hydrogen-bond acceptors (Lipinski definition) is 7. The van der Waals surface area contributed by atoms with E-state index in [4.69, 9.17) is 16.6 Å². The van der Waals surface area contributed by atoms with Crippen LogP contribution in [-0.4, -0.2) is 77.0 Å². The lowest BCUT2D eigenvalue weighted by molar-refractivity contribution is -0.143. The first kappa shape index (κ1) is 27.7. The highest BCUT2D eigenvalue weighted by atomic mass is 35.5. The van der Waals surface area contributed by atoms with E-state index in [1.165, 1.54) is 5.56 Å². The number of pyridine rings is 1. The molecule has 0 spiro atoms. The van der Waals surface area contributed by atoms with E-state index in [2.05, 4.69) is 32.0 Å². The molecule has 1 atom stereocenters. The molecule has 0 unspecified atom stereocenters. The van der Waals surface area contributed by atoms with Crippen molar-refractivity contribution in [1.82, 2.24) is 19.5 Å². The summed E-state index contributed by atoms with van der Waals surface area (Å²) in [5.41, 5.74) is 2.42. The number of rotatable bonds is 13. The first-order valence-electron chi connectivity index (χ1n) is 13.0. The molecular formula is C27H36ClN5O3S. The molecule has 3 heterocycles. The SMILES string of the molecule is CN(CCCCc1ccc2c(n1)NCCC2)CC[C@H](NC(=O)C1CN(Sc2cccc(Cl)c2)C1)C(=O)O. The van der Waals surface area contributed by atoms with Crippen LogP contribution < -0.4 is 10.6 Å². The summed E-state index contributed by atoms with van der Waals surface area (Å²) in [5.74, 6) is -0.334. The summed E-state index contributed by atoms with van der Waals surface area (Å²) >= 11 is 7.59. The number of halogens is 1. The molecule has 1 saturated heterocycles. The van der Waals surface area contributed by atoms with Crippen molar-refractivity contribution in [1.29, 1.82) is 0 Å². The maximum absolute atomic E-state index is 12.6. The van der Waals surface area contributed by atoms with Gasteiger partial charge in [-0.25, -0.2) is 14.1 Å². The number of aromatic nitrogens is 1. The van der Waals surface area contributed by atoms with Gasteiger partial charge < -0.3 is 20.6 Å². The van der Waals surface area contributed by atoms with Crippen molar-refractivity contribution >= 4 is 41.2 Å². The number of carboxylic acids is 1. The molecule has 10 heteroatoms. The number of nitrogens with one attached hydrogen (secondary N) is 2. The van der Waals surface area contributed by atoms with Gasteiger partial charge in [0.2, 0.25) is 5.91 Å². The average molecular weight is 546 g/mol. The van der Waals surface area contributed by atoms with Crippen LogP contribution >= 0.6 is 23.5 Å².